The lowest BCUT2D eigenvalue weighted by Crippen LogP contribution is -2.46. The minimum Gasteiger partial charge on any atom is -0.490 e. The molecule has 2 nitrogen and oxygen atoms in total. The highest BCUT2D eigenvalue weighted by Gasteiger charge is 2.30. The van der Waals surface area contributed by atoms with Gasteiger partial charge in [0.15, 0.2) is 0 Å². The fourth-order valence-corrected chi connectivity index (χ4v) is 2.52. The molecule has 2 rings (SSSR count). The van der Waals surface area contributed by atoms with E-state index in [1.54, 1.807) is 0 Å². The lowest BCUT2D eigenvalue weighted by Gasteiger charge is -2.36. The number of hydrogen-bond acceptors (Lipinski definition) is 2. The Morgan fingerprint density at radius 1 is 1.33 bits per heavy atom. The van der Waals surface area contributed by atoms with Gasteiger partial charge in [-0.3, -0.25) is 0 Å². The molecule has 1 aliphatic carbocycles. The predicted molar refractivity (Wildman–Crippen MR) is 76.6 cm³/mol. The first-order chi connectivity index (χ1) is 8.72. The van der Waals surface area contributed by atoms with Crippen LogP contribution in [-0.2, 0) is 6.42 Å². The molecule has 1 aliphatic rings. The molecule has 1 fully saturated rings. The third kappa shape index (κ3) is 3.39. The Kier molecular flexibility index (Phi) is 4.90. The van der Waals surface area contributed by atoms with Gasteiger partial charge in [-0.2, -0.15) is 0 Å². The van der Waals surface area contributed by atoms with Crippen molar-refractivity contribution in [3.63, 3.8) is 0 Å². The predicted octanol–water partition coefficient (Wildman–Crippen LogP) is 3.81. The second kappa shape index (κ2) is 6.44. The highest BCUT2D eigenvalue weighted by atomic mass is 35.5. The number of benzene rings is 1. The molecule has 1 aromatic carbocycles. The van der Waals surface area contributed by atoms with Crippen molar-refractivity contribution >= 4 is 11.6 Å². The van der Waals surface area contributed by atoms with Gasteiger partial charge in [0.2, 0.25) is 0 Å². The minimum atomic E-state index is 0.366. The Labute approximate surface area is 115 Å². The zero-order chi connectivity index (χ0) is 13.0. The average Bonchev–Trinajstić information content (AvgIpc) is 2.34. The standard InChI is InChI=1S/C15H22ClNO/c1-3-7-17-12-9-14(10-12)18-13-5-6-15(16)11(4-2)8-13/h5-6,8,12,14,17H,3-4,7,9-10H2,1-2H3. The van der Waals surface area contributed by atoms with Gasteiger partial charge < -0.3 is 10.1 Å². The number of rotatable bonds is 6. The summed E-state index contributed by atoms with van der Waals surface area (Å²) in [6.45, 7) is 5.41. The summed E-state index contributed by atoms with van der Waals surface area (Å²) in [7, 11) is 0. The molecule has 0 radical (unpaired) electrons. The minimum absolute atomic E-state index is 0.366. The van der Waals surface area contributed by atoms with Gasteiger partial charge in [-0.1, -0.05) is 25.4 Å². The third-order valence-electron chi connectivity index (χ3n) is 3.48. The first-order valence-electron chi connectivity index (χ1n) is 6.91. The van der Waals surface area contributed by atoms with Crippen LogP contribution in [0.3, 0.4) is 0 Å². The molecular formula is C15H22ClNO. The van der Waals surface area contributed by atoms with E-state index in [1.165, 1.54) is 6.42 Å². The third-order valence-corrected chi connectivity index (χ3v) is 3.85. The fraction of sp³-hybridized carbons (Fsp3) is 0.600. The van der Waals surface area contributed by atoms with Crippen LogP contribution in [0.4, 0.5) is 0 Å². The van der Waals surface area contributed by atoms with Crippen LogP contribution in [0.5, 0.6) is 5.75 Å². The molecule has 0 spiro atoms. The SMILES string of the molecule is CCCNC1CC(Oc2ccc(Cl)c(CC)c2)C1. The van der Waals surface area contributed by atoms with Crippen LogP contribution in [-0.4, -0.2) is 18.7 Å². The molecule has 1 saturated carbocycles. The molecule has 18 heavy (non-hydrogen) atoms. The van der Waals surface area contributed by atoms with Crippen molar-refractivity contribution in [2.75, 3.05) is 6.54 Å². The van der Waals surface area contributed by atoms with Gasteiger partial charge in [-0.25, -0.2) is 0 Å². The molecule has 1 N–H and O–H groups in total. The summed E-state index contributed by atoms with van der Waals surface area (Å²) in [4.78, 5) is 0. The molecule has 0 bridgehead atoms. The van der Waals surface area contributed by atoms with Gasteiger partial charge in [0.05, 0.1) is 0 Å². The van der Waals surface area contributed by atoms with Crippen molar-refractivity contribution in [2.24, 2.45) is 0 Å². The Hall–Kier alpha value is -0.730. The fourth-order valence-electron chi connectivity index (χ4n) is 2.26. The summed E-state index contributed by atoms with van der Waals surface area (Å²) in [5.74, 6) is 0.954. The Morgan fingerprint density at radius 2 is 2.11 bits per heavy atom. The zero-order valence-electron chi connectivity index (χ0n) is 11.2. The van der Waals surface area contributed by atoms with Gasteiger partial charge in [-0.05, 0) is 56.0 Å². The van der Waals surface area contributed by atoms with E-state index in [0.717, 1.165) is 42.1 Å². The molecule has 3 heteroatoms. The Bertz CT molecular complexity index is 388. The van der Waals surface area contributed by atoms with Crippen molar-refractivity contribution < 1.29 is 4.74 Å². The molecule has 100 valence electrons. The maximum atomic E-state index is 6.10. The zero-order valence-corrected chi connectivity index (χ0v) is 12.0. The molecule has 0 unspecified atom stereocenters. The van der Waals surface area contributed by atoms with E-state index < -0.39 is 0 Å². The summed E-state index contributed by atoms with van der Waals surface area (Å²) in [6, 6.07) is 6.61. The van der Waals surface area contributed by atoms with Crippen LogP contribution in [0.2, 0.25) is 5.02 Å². The smallest absolute Gasteiger partial charge is 0.120 e. The van der Waals surface area contributed by atoms with E-state index in [2.05, 4.69) is 25.2 Å². The van der Waals surface area contributed by atoms with E-state index >= 15 is 0 Å². The number of halogens is 1. The number of ether oxygens (including phenoxy) is 1. The number of nitrogens with one attached hydrogen (secondary N) is 1. The Balaban J connectivity index is 1.81. The van der Waals surface area contributed by atoms with Gasteiger partial charge in [0, 0.05) is 11.1 Å². The van der Waals surface area contributed by atoms with Crippen LogP contribution < -0.4 is 10.1 Å². The maximum Gasteiger partial charge on any atom is 0.120 e. The molecule has 0 aromatic heterocycles. The molecular weight excluding hydrogens is 246 g/mol. The van der Waals surface area contributed by atoms with E-state index in [0.29, 0.717) is 12.1 Å². The Morgan fingerprint density at radius 3 is 2.78 bits per heavy atom. The quantitative estimate of drug-likeness (QED) is 0.846. The first kappa shape index (κ1) is 13.7. The van der Waals surface area contributed by atoms with Crippen LogP contribution in [0.1, 0.15) is 38.7 Å². The van der Waals surface area contributed by atoms with E-state index in [1.807, 2.05) is 12.1 Å². The van der Waals surface area contributed by atoms with Gasteiger partial charge in [-0.15, -0.1) is 0 Å². The lowest BCUT2D eigenvalue weighted by atomic mass is 9.89. The van der Waals surface area contributed by atoms with E-state index in [4.69, 9.17) is 16.3 Å². The van der Waals surface area contributed by atoms with E-state index in [9.17, 15) is 0 Å². The van der Waals surface area contributed by atoms with Crippen molar-refractivity contribution in [2.45, 2.75) is 51.7 Å². The normalized spacial score (nSPS) is 22.6. The molecule has 0 heterocycles. The summed E-state index contributed by atoms with van der Waals surface area (Å²) in [5, 5.41) is 4.35. The largest absolute Gasteiger partial charge is 0.490 e. The lowest BCUT2D eigenvalue weighted by molar-refractivity contribution is 0.0852. The highest BCUT2D eigenvalue weighted by molar-refractivity contribution is 6.31. The molecule has 0 aliphatic heterocycles. The second-order valence-electron chi connectivity index (χ2n) is 4.97. The van der Waals surface area contributed by atoms with Gasteiger partial charge in [0.1, 0.15) is 11.9 Å². The maximum absolute atomic E-state index is 6.10. The molecule has 0 amide bonds. The van der Waals surface area contributed by atoms with Crippen LogP contribution in [0.25, 0.3) is 0 Å². The summed E-state index contributed by atoms with van der Waals surface area (Å²) in [5.41, 5.74) is 1.16. The van der Waals surface area contributed by atoms with Crippen molar-refractivity contribution in [1.29, 1.82) is 0 Å². The van der Waals surface area contributed by atoms with Gasteiger partial charge in [0.25, 0.3) is 0 Å². The number of hydrogen-bond donors (Lipinski definition) is 1. The highest BCUT2D eigenvalue weighted by Crippen LogP contribution is 2.28. The monoisotopic (exact) mass is 267 g/mol. The van der Waals surface area contributed by atoms with Gasteiger partial charge >= 0.3 is 0 Å². The summed E-state index contributed by atoms with van der Waals surface area (Å²) >= 11 is 6.10. The topological polar surface area (TPSA) is 21.3 Å². The van der Waals surface area contributed by atoms with Crippen LogP contribution in [0, 0.1) is 0 Å². The van der Waals surface area contributed by atoms with Crippen LogP contribution >= 0.6 is 11.6 Å². The molecule has 0 atom stereocenters. The van der Waals surface area contributed by atoms with E-state index in [-0.39, 0.29) is 0 Å². The average molecular weight is 268 g/mol. The summed E-state index contributed by atoms with van der Waals surface area (Å²) < 4.78 is 5.96. The van der Waals surface area contributed by atoms with Crippen molar-refractivity contribution in [3.8, 4) is 5.75 Å². The van der Waals surface area contributed by atoms with Crippen LogP contribution in [0.15, 0.2) is 18.2 Å². The first-order valence-corrected chi connectivity index (χ1v) is 7.29. The summed E-state index contributed by atoms with van der Waals surface area (Å²) in [6.07, 6.45) is 4.74. The van der Waals surface area contributed by atoms with Crippen molar-refractivity contribution in [3.05, 3.63) is 28.8 Å². The second-order valence-corrected chi connectivity index (χ2v) is 5.38. The number of aryl methyl sites for hydroxylation is 1. The van der Waals surface area contributed by atoms with Crippen molar-refractivity contribution in [1.82, 2.24) is 5.32 Å². The molecule has 1 aromatic rings. The molecule has 0 saturated heterocycles.